The predicted octanol–water partition coefficient (Wildman–Crippen LogP) is 2.26. The highest BCUT2D eigenvalue weighted by atomic mass is 35.5. The van der Waals surface area contributed by atoms with Crippen molar-refractivity contribution in [3.8, 4) is 0 Å². The minimum absolute atomic E-state index is 0. The molecule has 3 N–H and O–H groups in total. The molecule has 0 amide bonds. The van der Waals surface area contributed by atoms with Crippen LogP contribution in [0, 0.1) is 0 Å². The van der Waals surface area contributed by atoms with Crippen LogP contribution in [0.25, 0.3) is 0 Å². The molecule has 4 nitrogen and oxygen atoms in total. The molecule has 102 valence electrons. The molecule has 18 heavy (non-hydrogen) atoms. The normalized spacial score (nSPS) is 18.1. The molecule has 1 heterocycles. The Morgan fingerprint density at radius 2 is 2.06 bits per heavy atom. The third kappa shape index (κ3) is 3.33. The summed E-state index contributed by atoms with van der Waals surface area (Å²) in [5, 5.41) is 0. The minimum Gasteiger partial charge on any atom is -0.319 e. The topological polar surface area (TPSA) is 71.8 Å². The predicted molar refractivity (Wildman–Crippen MR) is 75.1 cm³/mol. The van der Waals surface area contributed by atoms with Crippen molar-refractivity contribution in [1.82, 2.24) is 9.97 Å². The summed E-state index contributed by atoms with van der Waals surface area (Å²) in [5.74, 6) is 0.688. The van der Waals surface area contributed by atoms with E-state index in [1.165, 1.54) is 6.42 Å². The van der Waals surface area contributed by atoms with E-state index in [0.29, 0.717) is 5.82 Å². The first-order chi connectivity index (χ1) is 8.14. The average Bonchev–Trinajstić information content (AvgIpc) is 2.30. The molecule has 5 heteroatoms. The maximum absolute atomic E-state index is 11.6. The number of aromatic nitrogens is 2. The lowest BCUT2D eigenvalue weighted by Crippen LogP contribution is -2.41. The largest absolute Gasteiger partial charge is 0.319 e. The fourth-order valence-corrected chi connectivity index (χ4v) is 2.55. The molecule has 0 atom stereocenters. The van der Waals surface area contributed by atoms with E-state index in [4.69, 9.17) is 5.73 Å². The van der Waals surface area contributed by atoms with Crippen molar-refractivity contribution in [2.24, 2.45) is 5.73 Å². The number of nitrogens with zero attached hydrogens (tertiary/aromatic N) is 1. The highest BCUT2D eigenvalue weighted by Crippen LogP contribution is 2.32. The molecule has 0 aromatic carbocycles. The van der Waals surface area contributed by atoms with E-state index in [0.717, 1.165) is 44.2 Å². The Morgan fingerprint density at radius 1 is 1.39 bits per heavy atom. The lowest BCUT2D eigenvalue weighted by molar-refractivity contribution is 0.285. The summed E-state index contributed by atoms with van der Waals surface area (Å²) in [6, 6.07) is 1.58. The van der Waals surface area contributed by atoms with E-state index in [1.54, 1.807) is 6.07 Å². The number of hydrogen-bond acceptors (Lipinski definition) is 3. The molecule has 1 aliphatic rings. The van der Waals surface area contributed by atoms with Gasteiger partial charge in [0.15, 0.2) is 0 Å². The third-order valence-electron chi connectivity index (χ3n) is 3.52. The van der Waals surface area contributed by atoms with E-state index in [9.17, 15) is 4.79 Å². The zero-order chi connectivity index (χ0) is 12.3. The molecule has 1 fully saturated rings. The van der Waals surface area contributed by atoms with Crippen LogP contribution in [0.3, 0.4) is 0 Å². The lowest BCUT2D eigenvalue weighted by atomic mass is 9.82. The van der Waals surface area contributed by atoms with Gasteiger partial charge in [0.2, 0.25) is 0 Å². The van der Waals surface area contributed by atoms with Crippen molar-refractivity contribution >= 4 is 12.4 Å². The fraction of sp³-hybridized carbons (Fsp3) is 0.692. The van der Waals surface area contributed by atoms with Crippen LogP contribution in [0.5, 0.6) is 0 Å². The smallest absolute Gasteiger partial charge is 0.251 e. The SMILES string of the molecule is CCCc1cc(=O)[nH]c(C2(N)CCCCC2)n1.Cl. The van der Waals surface area contributed by atoms with Gasteiger partial charge >= 0.3 is 0 Å². The second kappa shape index (κ2) is 6.34. The Morgan fingerprint density at radius 3 is 2.67 bits per heavy atom. The van der Waals surface area contributed by atoms with Crippen molar-refractivity contribution in [2.45, 2.75) is 57.4 Å². The zero-order valence-electron chi connectivity index (χ0n) is 10.9. The van der Waals surface area contributed by atoms with Crippen LogP contribution < -0.4 is 11.3 Å². The molecule has 0 spiro atoms. The maximum Gasteiger partial charge on any atom is 0.251 e. The molecule has 2 rings (SSSR count). The van der Waals surface area contributed by atoms with Gasteiger partial charge in [-0.2, -0.15) is 0 Å². The van der Waals surface area contributed by atoms with Gasteiger partial charge in [-0.05, 0) is 19.3 Å². The molecule has 1 aromatic rings. The van der Waals surface area contributed by atoms with Gasteiger partial charge in [0.1, 0.15) is 5.82 Å². The number of nitrogens with two attached hydrogens (primary N) is 1. The lowest BCUT2D eigenvalue weighted by Gasteiger charge is -2.32. The summed E-state index contributed by atoms with van der Waals surface area (Å²) in [6.45, 7) is 2.08. The van der Waals surface area contributed by atoms with E-state index < -0.39 is 5.54 Å². The maximum atomic E-state index is 11.6. The van der Waals surface area contributed by atoms with Crippen LogP contribution in [-0.4, -0.2) is 9.97 Å². The van der Waals surface area contributed by atoms with Gasteiger partial charge < -0.3 is 10.7 Å². The summed E-state index contributed by atoms with van der Waals surface area (Å²) in [5.41, 5.74) is 6.75. The van der Waals surface area contributed by atoms with Crippen LogP contribution in [0.15, 0.2) is 10.9 Å². The van der Waals surface area contributed by atoms with Crippen molar-refractivity contribution < 1.29 is 0 Å². The van der Waals surface area contributed by atoms with E-state index in [1.807, 2.05) is 0 Å². The molecule has 0 saturated heterocycles. The number of nitrogens with one attached hydrogen (secondary N) is 1. The van der Waals surface area contributed by atoms with Crippen molar-refractivity contribution in [1.29, 1.82) is 0 Å². The summed E-state index contributed by atoms with van der Waals surface area (Å²) >= 11 is 0. The number of rotatable bonds is 3. The van der Waals surface area contributed by atoms with E-state index in [2.05, 4.69) is 16.9 Å². The number of aryl methyl sites for hydroxylation is 1. The molecule has 0 aliphatic heterocycles. The summed E-state index contributed by atoms with van der Waals surface area (Å²) in [4.78, 5) is 19.0. The molecule has 0 unspecified atom stereocenters. The monoisotopic (exact) mass is 271 g/mol. The second-order valence-electron chi connectivity index (χ2n) is 5.05. The van der Waals surface area contributed by atoms with Crippen LogP contribution in [0.2, 0.25) is 0 Å². The molecule has 0 radical (unpaired) electrons. The van der Waals surface area contributed by atoms with Crippen molar-refractivity contribution in [3.63, 3.8) is 0 Å². The van der Waals surface area contributed by atoms with Crippen molar-refractivity contribution in [2.75, 3.05) is 0 Å². The highest BCUT2D eigenvalue weighted by molar-refractivity contribution is 5.85. The van der Waals surface area contributed by atoms with Crippen LogP contribution in [0.1, 0.15) is 57.0 Å². The van der Waals surface area contributed by atoms with Crippen LogP contribution in [0.4, 0.5) is 0 Å². The Labute approximate surface area is 114 Å². The van der Waals surface area contributed by atoms with Gasteiger partial charge in [0.25, 0.3) is 5.56 Å². The highest BCUT2D eigenvalue weighted by Gasteiger charge is 2.32. The first-order valence-corrected chi connectivity index (χ1v) is 6.54. The molecular formula is C13H22ClN3O. The van der Waals surface area contributed by atoms with Gasteiger partial charge in [-0.25, -0.2) is 4.98 Å². The molecular weight excluding hydrogens is 250 g/mol. The zero-order valence-corrected chi connectivity index (χ0v) is 11.7. The second-order valence-corrected chi connectivity index (χ2v) is 5.05. The van der Waals surface area contributed by atoms with E-state index >= 15 is 0 Å². The Bertz CT molecular complexity index is 438. The number of halogens is 1. The minimum atomic E-state index is -0.416. The average molecular weight is 272 g/mol. The summed E-state index contributed by atoms with van der Waals surface area (Å²) < 4.78 is 0. The van der Waals surface area contributed by atoms with Gasteiger partial charge in [0, 0.05) is 11.8 Å². The van der Waals surface area contributed by atoms with Crippen LogP contribution >= 0.6 is 12.4 Å². The van der Waals surface area contributed by atoms with Crippen LogP contribution in [-0.2, 0) is 12.0 Å². The Hall–Kier alpha value is -0.870. The van der Waals surface area contributed by atoms with E-state index in [-0.39, 0.29) is 18.0 Å². The van der Waals surface area contributed by atoms with Gasteiger partial charge in [0.05, 0.1) is 5.54 Å². The first-order valence-electron chi connectivity index (χ1n) is 6.54. The van der Waals surface area contributed by atoms with Gasteiger partial charge in [-0.1, -0.05) is 32.6 Å². The first kappa shape index (κ1) is 15.2. The fourth-order valence-electron chi connectivity index (χ4n) is 2.55. The Balaban J connectivity index is 0.00000162. The molecule has 1 aliphatic carbocycles. The Kier molecular flexibility index (Phi) is 5.35. The molecule has 1 saturated carbocycles. The molecule has 0 bridgehead atoms. The van der Waals surface area contributed by atoms with Crippen molar-refractivity contribution in [3.05, 3.63) is 27.9 Å². The standard InChI is InChI=1S/C13H21N3O.ClH/c1-2-6-10-9-11(17)16-12(15-10)13(14)7-4-3-5-8-13;/h9H,2-8,14H2,1H3,(H,15,16,17);1H. The molecule has 1 aromatic heterocycles. The summed E-state index contributed by atoms with van der Waals surface area (Å²) in [6.07, 6.45) is 7.16. The number of hydrogen-bond donors (Lipinski definition) is 2. The third-order valence-corrected chi connectivity index (χ3v) is 3.52. The van der Waals surface area contributed by atoms with Gasteiger partial charge in [-0.3, -0.25) is 4.79 Å². The number of H-pyrrole nitrogens is 1. The van der Waals surface area contributed by atoms with Gasteiger partial charge in [-0.15, -0.1) is 12.4 Å². The summed E-state index contributed by atoms with van der Waals surface area (Å²) in [7, 11) is 0. The number of aromatic amines is 1. The quantitative estimate of drug-likeness (QED) is 0.886.